The van der Waals surface area contributed by atoms with Crippen molar-refractivity contribution in [1.29, 1.82) is 0 Å². The summed E-state index contributed by atoms with van der Waals surface area (Å²) in [5.41, 5.74) is 1.03. The fraction of sp³-hybridized carbons (Fsp3) is 0.429. The van der Waals surface area contributed by atoms with Gasteiger partial charge in [0.1, 0.15) is 4.32 Å². The van der Waals surface area contributed by atoms with Crippen LogP contribution in [-0.4, -0.2) is 25.7 Å². The van der Waals surface area contributed by atoms with Crippen LogP contribution in [0.15, 0.2) is 23.2 Å². The highest BCUT2D eigenvalue weighted by atomic mass is 32.2. The molecule has 0 radical (unpaired) electrons. The van der Waals surface area contributed by atoms with Gasteiger partial charge in [0.25, 0.3) is 5.91 Å². The van der Waals surface area contributed by atoms with Crippen molar-refractivity contribution in [2.75, 3.05) is 0 Å². The highest BCUT2D eigenvalue weighted by molar-refractivity contribution is 8.26. The summed E-state index contributed by atoms with van der Waals surface area (Å²) in [6.07, 6.45) is 8.50. The molecule has 1 aromatic heterocycles. The number of hydrogen-bond donors (Lipinski definition) is 0. The number of rotatable bonds is 2. The summed E-state index contributed by atoms with van der Waals surface area (Å²) in [5, 5.41) is 0. The van der Waals surface area contributed by atoms with E-state index in [-0.39, 0.29) is 5.91 Å². The van der Waals surface area contributed by atoms with Gasteiger partial charge in [0, 0.05) is 25.0 Å². The summed E-state index contributed by atoms with van der Waals surface area (Å²) in [6, 6.07) is 4.30. The first-order valence-electron chi connectivity index (χ1n) is 6.55. The Morgan fingerprint density at radius 2 is 2.16 bits per heavy atom. The van der Waals surface area contributed by atoms with Gasteiger partial charge in [-0.15, -0.1) is 0 Å². The minimum absolute atomic E-state index is 0.0862. The molecular formula is C14H16N2OS2. The van der Waals surface area contributed by atoms with Crippen LogP contribution in [0.4, 0.5) is 0 Å². The zero-order valence-corrected chi connectivity index (χ0v) is 12.5. The average molecular weight is 292 g/mol. The monoisotopic (exact) mass is 292 g/mol. The summed E-state index contributed by atoms with van der Waals surface area (Å²) in [6.45, 7) is 0. The second kappa shape index (κ2) is 5.13. The third kappa shape index (κ3) is 2.37. The molecule has 1 saturated carbocycles. The molecule has 0 atom stereocenters. The van der Waals surface area contributed by atoms with Gasteiger partial charge in [0.05, 0.1) is 4.91 Å². The summed E-state index contributed by atoms with van der Waals surface area (Å²) in [4.78, 5) is 15.1. The molecule has 5 heteroatoms. The number of aromatic nitrogens is 1. The lowest BCUT2D eigenvalue weighted by molar-refractivity contribution is -0.123. The molecule has 19 heavy (non-hydrogen) atoms. The van der Waals surface area contributed by atoms with Gasteiger partial charge in [-0.2, -0.15) is 0 Å². The van der Waals surface area contributed by atoms with Gasteiger partial charge in [-0.25, -0.2) is 0 Å². The molecule has 100 valence electrons. The second-order valence-corrected chi connectivity index (χ2v) is 6.71. The van der Waals surface area contributed by atoms with Gasteiger partial charge < -0.3 is 4.57 Å². The summed E-state index contributed by atoms with van der Waals surface area (Å²) < 4.78 is 2.72. The Bertz CT molecular complexity index is 556. The van der Waals surface area contributed by atoms with E-state index < -0.39 is 0 Å². The minimum atomic E-state index is 0.0862. The molecule has 1 aromatic rings. The predicted molar refractivity (Wildman–Crippen MR) is 82.7 cm³/mol. The van der Waals surface area contributed by atoms with Crippen molar-refractivity contribution >= 4 is 40.3 Å². The smallest absolute Gasteiger partial charge is 0.266 e. The first-order chi connectivity index (χ1) is 9.16. The quantitative estimate of drug-likeness (QED) is 0.618. The Morgan fingerprint density at radius 3 is 2.79 bits per heavy atom. The number of hydrogen-bond acceptors (Lipinski definition) is 3. The molecule has 2 aliphatic rings. The number of carbonyl (C=O) groups excluding carboxylic acids is 1. The molecule has 1 amide bonds. The molecule has 1 aliphatic carbocycles. The Hall–Kier alpha value is -1.07. The molecule has 2 heterocycles. The molecule has 1 saturated heterocycles. The van der Waals surface area contributed by atoms with Crippen LogP contribution >= 0.6 is 24.0 Å². The maximum absolute atomic E-state index is 12.5. The first kappa shape index (κ1) is 12.9. The van der Waals surface area contributed by atoms with Crippen molar-refractivity contribution < 1.29 is 4.79 Å². The van der Waals surface area contributed by atoms with Crippen molar-refractivity contribution in [3.05, 3.63) is 28.9 Å². The SMILES string of the molecule is Cn1cccc1/C=C1/SC(=S)N(C2CCCC2)C1=O. The topological polar surface area (TPSA) is 25.2 Å². The Labute approximate surface area is 122 Å². The van der Waals surface area contributed by atoms with Crippen LogP contribution in [0.25, 0.3) is 6.08 Å². The predicted octanol–water partition coefficient (Wildman–Crippen LogP) is 3.17. The zero-order valence-electron chi connectivity index (χ0n) is 10.8. The average Bonchev–Trinajstić information content (AvgIpc) is 3.05. The van der Waals surface area contributed by atoms with Crippen molar-refractivity contribution in [2.24, 2.45) is 7.05 Å². The van der Waals surface area contributed by atoms with E-state index in [2.05, 4.69) is 0 Å². The molecule has 2 fully saturated rings. The van der Waals surface area contributed by atoms with Crippen LogP contribution in [0.3, 0.4) is 0 Å². The number of thiocarbonyl (C=S) groups is 1. The first-order valence-corrected chi connectivity index (χ1v) is 7.77. The molecule has 0 aromatic carbocycles. The van der Waals surface area contributed by atoms with Gasteiger partial charge in [-0.05, 0) is 31.1 Å². The van der Waals surface area contributed by atoms with Crippen molar-refractivity contribution in [2.45, 2.75) is 31.7 Å². The van der Waals surface area contributed by atoms with Crippen LogP contribution in [0, 0.1) is 0 Å². The largest absolute Gasteiger partial charge is 0.351 e. The third-order valence-corrected chi connectivity index (χ3v) is 5.11. The molecule has 1 aliphatic heterocycles. The van der Waals surface area contributed by atoms with Crippen LogP contribution < -0.4 is 0 Å². The summed E-state index contributed by atoms with van der Waals surface area (Å²) in [5.74, 6) is 0.0862. The molecule has 0 unspecified atom stereocenters. The van der Waals surface area contributed by atoms with E-state index in [1.165, 1.54) is 24.6 Å². The fourth-order valence-corrected chi connectivity index (χ4v) is 4.10. The molecule has 3 rings (SSSR count). The van der Waals surface area contributed by atoms with Crippen LogP contribution in [0.1, 0.15) is 31.4 Å². The van der Waals surface area contributed by atoms with Gasteiger partial charge >= 0.3 is 0 Å². The van der Waals surface area contributed by atoms with Crippen molar-refractivity contribution in [3.8, 4) is 0 Å². The lowest BCUT2D eigenvalue weighted by atomic mass is 10.2. The maximum atomic E-state index is 12.5. The van der Waals surface area contributed by atoms with E-state index in [1.54, 1.807) is 0 Å². The van der Waals surface area contributed by atoms with E-state index in [9.17, 15) is 4.79 Å². The lowest BCUT2D eigenvalue weighted by Gasteiger charge is -2.21. The van der Waals surface area contributed by atoms with Crippen LogP contribution in [-0.2, 0) is 11.8 Å². The summed E-state index contributed by atoms with van der Waals surface area (Å²) >= 11 is 6.81. The molecular weight excluding hydrogens is 276 g/mol. The van der Waals surface area contributed by atoms with Crippen molar-refractivity contribution in [3.63, 3.8) is 0 Å². The molecule has 3 nitrogen and oxygen atoms in total. The molecule has 0 N–H and O–H groups in total. The van der Waals surface area contributed by atoms with E-state index in [0.29, 0.717) is 6.04 Å². The van der Waals surface area contributed by atoms with Crippen LogP contribution in [0.5, 0.6) is 0 Å². The maximum Gasteiger partial charge on any atom is 0.266 e. The summed E-state index contributed by atoms with van der Waals surface area (Å²) in [7, 11) is 1.98. The molecule has 0 spiro atoms. The zero-order chi connectivity index (χ0) is 13.4. The Kier molecular flexibility index (Phi) is 3.50. The highest BCUT2D eigenvalue weighted by Gasteiger charge is 2.38. The van der Waals surface area contributed by atoms with Gasteiger partial charge in [0.2, 0.25) is 0 Å². The standard InChI is InChI=1S/C14H16N2OS2/c1-15-8-4-7-11(15)9-12-13(17)16(14(18)19-12)10-5-2-3-6-10/h4,7-10H,2-3,5-6H2,1H3/b12-9+. The van der Waals surface area contributed by atoms with Gasteiger partial charge in [-0.3, -0.25) is 9.69 Å². The van der Waals surface area contributed by atoms with Crippen molar-refractivity contribution in [1.82, 2.24) is 9.47 Å². The van der Waals surface area contributed by atoms with E-state index >= 15 is 0 Å². The van der Waals surface area contributed by atoms with Gasteiger partial charge in [-0.1, -0.05) is 36.8 Å². The second-order valence-electron chi connectivity index (χ2n) is 5.03. The van der Waals surface area contributed by atoms with Gasteiger partial charge in [0.15, 0.2) is 0 Å². The minimum Gasteiger partial charge on any atom is -0.351 e. The van der Waals surface area contributed by atoms with E-state index in [0.717, 1.165) is 27.8 Å². The van der Waals surface area contributed by atoms with Crippen LogP contribution in [0.2, 0.25) is 0 Å². The molecule has 0 bridgehead atoms. The Balaban J connectivity index is 1.86. The number of nitrogens with zero attached hydrogens (tertiary/aromatic N) is 2. The Morgan fingerprint density at radius 1 is 1.42 bits per heavy atom. The number of carbonyl (C=O) groups is 1. The van der Waals surface area contributed by atoms with E-state index in [4.69, 9.17) is 12.2 Å². The normalized spacial score (nSPS) is 23.0. The fourth-order valence-electron chi connectivity index (χ4n) is 2.72. The highest BCUT2D eigenvalue weighted by Crippen LogP contribution is 2.37. The van der Waals surface area contributed by atoms with E-state index in [1.807, 2.05) is 40.9 Å². The third-order valence-electron chi connectivity index (χ3n) is 3.78. The number of amides is 1. The number of aryl methyl sites for hydroxylation is 1. The lowest BCUT2D eigenvalue weighted by Crippen LogP contribution is -2.36. The number of thioether (sulfide) groups is 1.